The lowest BCUT2D eigenvalue weighted by molar-refractivity contribution is -0.121. The number of carbonyl (C=O) groups is 1. The van der Waals surface area contributed by atoms with Gasteiger partial charge in [-0.2, -0.15) is 4.31 Å². The maximum atomic E-state index is 14.0. The van der Waals surface area contributed by atoms with Gasteiger partial charge < -0.3 is 4.74 Å². The standard InChI is InChI=1S/C26H31ClN4O4S2/c1-19-5-10-22-24(18-19)36-26(28-22)30(12-3-11-29-14-16-35-17-15-29)25(32)23-4-2-13-31(23)37(33,34)21-8-6-20(27)7-9-21/h5-10,18,23H,2-4,11-17H2,1H3. The molecule has 1 unspecified atom stereocenters. The van der Waals surface area contributed by atoms with Crippen LogP contribution in [0.3, 0.4) is 0 Å². The number of carbonyl (C=O) groups excluding carboxylic acids is 1. The monoisotopic (exact) mass is 562 g/mol. The van der Waals surface area contributed by atoms with E-state index in [0.717, 1.165) is 55.0 Å². The number of nitrogens with zero attached hydrogens (tertiary/aromatic N) is 4. The molecule has 1 atom stereocenters. The lowest BCUT2D eigenvalue weighted by Gasteiger charge is -2.30. The Morgan fingerprint density at radius 1 is 1.16 bits per heavy atom. The number of fused-ring (bicyclic) bond motifs is 1. The van der Waals surface area contributed by atoms with Crippen LogP contribution in [0.15, 0.2) is 47.4 Å². The number of morpholine rings is 1. The summed E-state index contributed by atoms with van der Waals surface area (Å²) in [5.74, 6) is -0.215. The third-order valence-corrected chi connectivity index (χ3v) is 10.1. The van der Waals surface area contributed by atoms with Crippen LogP contribution in [0.1, 0.15) is 24.8 Å². The van der Waals surface area contributed by atoms with Crippen molar-refractivity contribution in [1.29, 1.82) is 0 Å². The maximum Gasteiger partial charge on any atom is 0.247 e. The molecule has 2 saturated heterocycles. The van der Waals surface area contributed by atoms with Crippen LogP contribution in [0.4, 0.5) is 5.13 Å². The van der Waals surface area contributed by atoms with Crippen LogP contribution in [-0.4, -0.2) is 80.5 Å². The van der Waals surface area contributed by atoms with Crippen molar-refractivity contribution in [2.75, 3.05) is 50.8 Å². The number of benzene rings is 2. The summed E-state index contributed by atoms with van der Waals surface area (Å²) in [6.07, 6.45) is 1.87. The molecule has 2 aliphatic rings. The van der Waals surface area contributed by atoms with Gasteiger partial charge in [0, 0.05) is 37.7 Å². The number of aryl methyl sites for hydroxylation is 1. The van der Waals surface area contributed by atoms with Crippen LogP contribution in [0.5, 0.6) is 0 Å². The number of sulfonamides is 1. The largest absolute Gasteiger partial charge is 0.379 e. The molecular formula is C26H31ClN4O4S2. The molecule has 1 aromatic heterocycles. The molecule has 2 aromatic carbocycles. The van der Waals surface area contributed by atoms with E-state index < -0.39 is 16.1 Å². The second-order valence-corrected chi connectivity index (χ2v) is 12.8. The summed E-state index contributed by atoms with van der Waals surface area (Å²) in [5, 5.41) is 1.08. The zero-order valence-corrected chi connectivity index (χ0v) is 23.2. The van der Waals surface area contributed by atoms with Crippen LogP contribution in [0, 0.1) is 6.92 Å². The fourth-order valence-corrected chi connectivity index (χ4v) is 7.78. The van der Waals surface area contributed by atoms with Crippen molar-refractivity contribution in [3.63, 3.8) is 0 Å². The van der Waals surface area contributed by atoms with Gasteiger partial charge in [-0.25, -0.2) is 13.4 Å². The van der Waals surface area contributed by atoms with Crippen molar-refractivity contribution < 1.29 is 17.9 Å². The van der Waals surface area contributed by atoms with Crippen molar-refractivity contribution in [1.82, 2.24) is 14.2 Å². The first-order valence-electron chi connectivity index (χ1n) is 12.6. The highest BCUT2D eigenvalue weighted by Gasteiger charge is 2.42. The first-order valence-corrected chi connectivity index (χ1v) is 15.2. The van der Waals surface area contributed by atoms with Gasteiger partial charge >= 0.3 is 0 Å². The highest BCUT2D eigenvalue weighted by Crippen LogP contribution is 2.33. The second kappa shape index (κ2) is 11.3. The van der Waals surface area contributed by atoms with Crippen molar-refractivity contribution in [2.45, 2.75) is 37.1 Å². The molecular weight excluding hydrogens is 532 g/mol. The van der Waals surface area contributed by atoms with E-state index >= 15 is 0 Å². The minimum atomic E-state index is -3.85. The number of halogens is 1. The number of anilines is 1. The fourth-order valence-electron chi connectivity index (χ4n) is 4.91. The smallest absolute Gasteiger partial charge is 0.247 e. The highest BCUT2D eigenvalue weighted by molar-refractivity contribution is 7.89. The Kier molecular flexibility index (Phi) is 8.13. The summed E-state index contributed by atoms with van der Waals surface area (Å²) < 4.78 is 34.8. The van der Waals surface area contributed by atoms with E-state index in [9.17, 15) is 13.2 Å². The number of hydrogen-bond donors (Lipinski definition) is 0. The fraction of sp³-hybridized carbons (Fsp3) is 0.462. The van der Waals surface area contributed by atoms with Crippen LogP contribution in [0.2, 0.25) is 5.02 Å². The zero-order valence-electron chi connectivity index (χ0n) is 20.8. The molecule has 0 N–H and O–H groups in total. The Bertz CT molecular complexity index is 1360. The Balaban J connectivity index is 1.41. The van der Waals surface area contributed by atoms with Gasteiger partial charge in [0.15, 0.2) is 5.13 Å². The van der Waals surface area contributed by atoms with E-state index in [0.29, 0.717) is 36.1 Å². The van der Waals surface area contributed by atoms with Gasteiger partial charge in [0.05, 0.1) is 28.3 Å². The first kappa shape index (κ1) is 26.5. The summed E-state index contributed by atoms with van der Waals surface area (Å²) >= 11 is 7.45. The van der Waals surface area contributed by atoms with Gasteiger partial charge in [-0.3, -0.25) is 14.6 Å². The molecule has 0 radical (unpaired) electrons. The third kappa shape index (κ3) is 5.84. The molecule has 3 aromatic rings. The van der Waals surface area contributed by atoms with Gasteiger partial charge in [-0.05, 0) is 68.1 Å². The average Bonchev–Trinajstić information content (AvgIpc) is 3.55. The summed E-state index contributed by atoms with van der Waals surface area (Å²) in [6, 6.07) is 11.4. The molecule has 3 heterocycles. The van der Waals surface area contributed by atoms with Crippen LogP contribution >= 0.6 is 22.9 Å². The number of rotatable bonds is 8. The van der Waals surface area contributed by atoms with Gasteiger partial charge in [-0.15, -0.1) is 0 Å². The molecule has 1 amide bonds. The van der Waals surface area contributed by atoms with E-state index in [1.54, 1.807) is 17.0 Å². The predicted octanol–water partition coefficient (Wildman–Crippen LogP) is 4.17. The van der Waals surface area contributed by atoms with E-state index in [4.69, 9.17) is 21.3 Å². The van der Waals surface area contributed by atoms with Crippen molar-refractivity contribution in [3.8, 4) is 0 Å². The number of hydrogen-bond acceptors (Lipinski definition) is 7. The molecule has 0 saturated carbocycles. The minimum Gasteiger partial charge on any atom is -0.379 e. The molecule has 37 heavy (non-hydrogen) atoms. The number of ether oxygens (including phenoxy) is 1. The summed E-state index contributed by atoms with van der Waals surface area (Å²) in [7, 11) is -3.85. The lowest BCUT2D eigenvalue weighted by Crippen LogP contribution is -2.48. The number of aromatic nitrogens is 1. The Hall–Kier alpha value is -2.08. The van der Waals surface area contributed by atoms with E-state index in [1.807, 2.05) is 19.1 Å². The Morgan fingerprint density at radius 3 is 2.68 bits per heavy atom. The Labute approximate surface area is 226 Å². The van der Waals surface area contributed by atoms with Crippen LogP contribution < -0.4 is 4.90 Å². The molecule has 8 nitrogen and oxygen atoms in total. The SMILES string of the molecule is Cc1ccc2nc(N(CCCN3CCOCC3)C(=O)C3CCCN3S(=O)(=O)c3ccc(Cl)cc3)sc2c1. The average molecular weight is 563 g/mol. The number of amides is 1. The van der Waals surface area contributed by atoms with Crippen molar-refractivity contribution in [2.24, 2.45) is 0 Å². The van der Waals surface area contributed by atoms with Gasteiger partial charge in [0.2, 0.25) is 15.9 Å². The van der Waals surface area contributed by atoms with Crippen LogP contribution in [0.25, 0.3) is 10.2 Å². The minimum absolute atomic E-state index is 0.144. The molecule has 2 fully saturated rings. The van der Waals surface area contributed by atoms with Crippen LogP contribution in [-0.2, 0) is 19.6 Å². The second-order valence-electron chi connectivity index (χ2n) is 9.49. The zero-order chi connectivity index (χ0) is 26.0. The number of thiazole rings is 1. The summed E-state index contributed by atoms with van der Waals surface area (Å²) in [4.78, 5) is 23.0. The normalized spacial score (nSPS) is 19.5. The summed E-state index contributed by atoms with van der Waals surface area (Å²) in [6.45, 7) is 6.85. The lowest BCUT2D eigenvalue weighted by atomic mass is 10.2. The highest BCUT2D eigenvalue weighted by atomic mass is 35.5. The third-order valence-electron chi connectivity index (χ3n) is 6.90. The quantitative estimate of drug-likeness (QED) is 0.410. The molecule has 5 rings (SSSR count). The van der Waals surface area contributed by atoms with E-state index in [2.05, 4.69) is 11.0 Å². The molecule has 198 valence electrons. The molecule has 0 spiro atoms. The topological polar surface area (TPSA) is 83.1 Å². The van der Waals surface area contributed by atoms with Gasteiger partial charge in [0.25, 0.3) is 0 Å². The Morgan fingerprint density at radius 2 is 1.92 bits per heavy atom. The van der Waals surface area contributed by atoms with E-state index in [1.165, 1.54) is 27.8 Å². The molecule has 11 heteroatoms. The van der Waals surface area contributed by atoms with E-state index in [-0.39, 0.29) is 10.8 Å². The van der Waals surface area contributed by atoms with Crippen molar-refractivity contribution in [3.05, 3.63) is 53.1 Å². The van der Waals surface area contributed by atoms with Gasteiger partial charge in [0.1, 0.15) is 6.04 Å². The maximum absolute atomic E-state index is 14.0. The predicted molar refractivity (Wildman–Crippen MR) is 147 cm³/mol. The van der Waals surface area contributed by atoms with Gasteiger partial charge in [-0.1, -0.05) is 29.0 Å². The molecule has 0 bridgehead atoms. The molecule has 2 aliphatic heterocycles. The first-order chi connectivity index (χ1) is 17.8. The molecule has 0 aliphatic carbocycles. The summed E-state index contributed by atoms with van der Waals surface area (Å²) in [5.41, 5.74) is 1.97. The van der Waals surface area contributed by atoms with Crippen molar-refractivity contribution >= 4 is 54.2 Å².